The summed E-state index contributed by atoms with van der Waals surface area (Å²) in [6.07, 6.45) is 4.13. The van der Waals surface area contributed by atoms with Crippen molar-refractivity contribution in [3.05, 3.63) is 24.4 Å². The quantitative estimate of drug-likeness (QED) is 0.866. The number of carbonyl (C=O) groups excluding carboxylic acids is 1. The number of hydrogen-bond donors (Lipinski definition) is 2. The standard InChI is InChI=1S/C17H26N4O2/c1-13-5-9-21(12-15(13)22)17(23)19-14-6-10-20(11-7-14)16-4-2-3-8-18-16/h2-4,8,13-15,22H,5-7,9-12H2,1H3,(H,19,23). The van der Waals surface area contributed by atoms with Crippen molar-refractivity contribution in [3.63, 3.8) is 0 Å². The molecule has 1 aromatic heterocycles. The molecule has 2 atom stereocenters. The maximum Gasteiger partial charge on any atom is 0.317 e. The van der Waals surface area contributed by atoms with Crippen molar-refractivity contribution in [2.24, 2.45) is 5.92 Å². The maximum atomic E-state index is 12.3. The topological polar surface area (TPSA) is 68.7 Å². The van der Waals surface area contributed by atoms with Crippen LogP contribution in [-0.2, 0) is 0 Å². The van der Waals surface area contributed by atoms with Crippen LogP contribution in [0.1, 0.15) is 26.2 Å². The molecular formula is C17H26N4O2. The third kappa shape index (κ3) is 3.93. The predicted octanol–water partition coefficient (Wildman–Crippen LogP) is 1.46. The van der Waals surface area contributed by atoms with Crippen LogP contribution in [0.15, 0.2) is 24.4 Å². The highest BCUT2D eigenvalue weighted by molar-refractivity contribution is 5.74. The molecule has 3 heterocycles. The van der Waals surface area contributed by atoms with E-state index in [1.54, 1.807) is 4.90 Å². The second-order valence-electron chi connectivity index (χ2n) is 6.68. The molecule has 2 unspecified atom stereocenters. The van der Waals surface area contributed by atoms with Gasteiger partial charge in [0.2, 0.25) is 0 Å². The lowest BCUT2D eigenvalue weighted by Gasteiger charge is -2.37. The van der Waals surface area contributed by atoms with Gasteiger partial charge >= 0.3 is 6.03 Å². The minimum absolute atomic E-state index is 0.0350. The van der Waals surface area contributed by atoms with Crippen LogP contribution in [0.3, 0.4) is 0 Å². The summed E-state index contributed by atoms with van der Waals surface area (Å²) in [5.41, 5.74) is 0. The summed E-state index contributed by atoms with van der Waals surface area (Å²) in [6.45, 7) is 5.02. The van der Waals surface area contributed by atoms with Gasteiger partial charge < -0.3 is 20.2 Å². The number of rotatable bonds is 2. The van der Waals surface area contributed by atoms with Gasteiger partial charge in [0.1, 0.15) is 5.82 Å². The van der Waals surface area contributed by atoms with E-state index in [1.807, 2.05) is 31.3 Å². The average molecular weight is 318 g/mol. The Labute approximate surface area is 137 Å². The molecule has 6 nitrogen and oxygen atoms in total. The number of likely N-dealkylation sites (tertiary alicyclic amines) is 1. The van der Waals surface area contributed by atoms with Crippen molar-refractivity contribution in [2.75, 3.05) is 31.1 Å². The summed E-state index contributed by atoms with van der Waals surface area (Å²) >= 11 is 0. The number of aromatic nitrogens is 1. The third-order valence-electron chi connectivity index (χ3n) is 5.00. The lowest BCUT2D eigenvalue weighted by atomic mass is 9.96. The van der Waals surface area contributed by atoms with Crippen molar-refractivity contribution in [2.45, 2.75) is 38.3 Å². The molecule has 1 aromatic rings. The van der Waals surface area contributed by atoms with Gasteiger partial charge in [0.05, 0.1) is 6.10 Å². The molecule has 126 valence electrons. The average Bonchev–Trinajstić information content (AvgIpc) is 2.59. The molecule has 0 saturated carbocycles. The highest BCUT2D eigenvalue weighted by atomic mass is 16.3. The molecule has 2 aliphatic heterocycles. The van der Waals surface area contributed by atoms with Gasteiger partial charge in [-0.2, -0.15) is 0 Å². The van der Waals surface area contributed by atoms with Gasteiger partial charge in [0, 0.05) is 38.4 Å². The number of carbonyl (C=O) groups is 1. The highest BCUT2D eigenvalue weighted by Gasteiger charge is 2.29. The van der Waals surface area contributed by atoms with E-state index in [0.29, 0.717) is 6.54 Å². The van der Waals surface area contributed by atoms with Crippen molar-refractivity contribution in [1.82, 2.24) is 15.2 Å². The van der Waals surface area contributed by atoms with E-state index in [1.165, 1.54) is 0 Å². The Morgan fingerprint density at radius 2 is 2.04 bits per heavy atom. The summed E-state index contributed by atoms with van der Waals surface area (Å²) in [6, 6.07) is 6.12. The normalized spacial score (nSPS) is 26.2. The summed E-state index contributed by atoms with van der Waals surface area (Å²) in [4.78, 5) is 20.7. The number of aliphatic hydroxyl groups is 1. The molecule has 2 fully saturated rings. The maximum absolute atomic E-state index is 12.3. The van der Waals surface area contributed by atoms with E-state index in [4.69, 9.17) is 0 Å². The molecule has 0 aliphatic carbocycles. The number of piperidine rings is 2. The Balaban J connectivity index is 1.46. The fourth-order valence-corrected chi connectivity index (χ4v) is 3.29. The van der Waals surface area contributed by atoms with Crippen LogP contribution in [0.2, 0.25) is 0 Å². The van der Waals surface area contributed by atoms with E-state index in [0.717, 1.165) is 44.7 Å². The molecule has 2 N–H and O–H groups in total. The number of aliphatic hydroxyl groups excluding tert-OH is 1. The van der Waals surface area contributed by atoms with Crippen molar-refractivity contribution >= 4 is 11.8 Å². The highest BCUT2D eigenvalue weighted by Crippen LogP contribution is 2.19. The molecule has 0 spiro atoms. The fraction of sp³-hybridized carbons (Fsp3) is 0.647. The first kappa shape index (κ1) is 16.1. The molecule has 2 saturated heterocycles. The Morgan fingerprint density at radius 3 is 2.70 bits per heavy atom. The minimum atomic E-state index is -0.402. The van der Waals surface area contributed by atoms with Crippen LogP contribution in [0.4, 0.5) is 10.6 Å². The second-order valence-corrected chi connectivity index (χ2v) is 6.68. The van der Waals surface area contributed by atoms with Gasteiger partial charge in [-0.15, -0.1) is 0 Å². The van der Waals surface area contributed by atoms with Crippen LogP contribution in [0.25, 0.3) is 0 Å². The molecule has 6 heteroatoms. The number of β-amino-alcohol motifs (C(OH)–C–C–N with tert-alkyl or cyclic N) is 1. The largest absolute Gasteiger partial charge is 0.391 e. The third-order valence-corrected chi connectivity index (χ3v) is 5.00. The minimum Gasteiger partial charge on any atom is -0.391 e. The predicted molar refractivity (Wildman–Crippen MR) is 89.4 cm³/mol. The van der Waals surface area contributed by atoms with Crippen LogP contribution in [0, 0.1) is 5.92 Å². The number of pyridine rings is 1. The van der Waals surface area contributed by atoms with E-state index < -0.39 is 6.10 Å². The molecule has 0 bridgehead atoms. The van der Waals surface area contributed by atoms with E-state index in [2.05, 4.69) is 15.2 Å². The van der Waals surface area contributed by atoms with Gasteiger partial charge in [0.25, 0.3) is 0 Å². The smallest absolute Gasteiger partial charge is 0.317 e. The fourth-order valence-electron chi connectivity index (χ4n) is 3.29. The number of urea groups is 1. The SMILES string of the molecule is CC1CCN(C(=O)NC2CCN(c3ccccn3)CC2)CC1O. The monoisotopic (exact) mass is 318 g/mol. The van der Waals surface area contributed by atoms with Crippen LogP contribution < -0.4 is 10.2 Å². The molecule has 3 rings (SSSR count). The van der Waals surface area contributed by atoms with Gasteiger partial charge in [-0.3, -0.25) is 0 Å². The number of anilines is 1. The number of nitrogens with one attached hydrogen (secondary N) is 1. The first-order valence-electron chi connectivity index (χ1n) is 8.53. The Kier molecular flexibility index (Phi) is 5.00. The van der Waals surface area contributed by atoms with E-state index in [9.17, 15) is 9.90 Å². The zero-order chi connectivity index (χ0) is 16.2. The number of amides is 2. The zero-order valence-electron chi connectivity index (χ0n) is 13.7. The van der Waals surface area contributed by atoms with E-state index in [-0.39, 0.29) is 18.0 Å². The molecule has 2 aliphatic rings. The van der Waals surface area contributed by atoms with Gasteiger partial charge in [-0.1, -0.05) is 13.0 Å². The Hall–Kier alpha value is -1.82. The zero-order valence-corrected chi connectivity index (χ0v) is 13.7. The van der Waals surface area contributed by atoms with E-state index >= 15 is 0 Å². The summed E-state index contributed by atoms with van der Waals surface area (Å²) in [5.74, 6) is 1.28. The molecule has 2 amide bonds. The molecule has 0 aromatic carbocycles. The van der Waals surface area contributed by atoms with Gasteiger partial charge in [0.15, 0.2) is 0 Å². The van der Waals surface area contributed by atoms with Crippen molar-refractivity contribution in [1.29, 1.82) is 0 Å². The summed E-state index contributed by atoms with van der Waals surface area (Å²) < 4.78 is 0. The molecule has 23 heavy (non-hydrogen) atoms. The van der Waals surface area contributed by atoms with Crippen LogP contribution in [-0.4, -0.2) is 59.3 Å². The Bertz CT molecular complexity index is 517. The number of hydrogen-bond acceptors (Lipinski definition) is 4. The molecular weight excluding hydrogens is 292 g/mol. The summed E-state index contributed by atoms with van der Waals surface area (Å²) in [7, 11) is 0. The number of nitrogens with zero attached hydrogens (tertiary/aromatic N) is 3. The Morgan fingerprint density at radius 1 is 1.26 bits per heavy atom. The summed E-state index contributed by atoms with van der Waals surface area (Å²) in [5, 5.41) is 13.1. The van der Waals surface area contributed by atoms with Gasteiger partial charge in [-0.25, -0.2) is 9.78 Å². The molecule has 0 radical (unpaired) electrons. The lowest BCUT2D eigenvalue weighted by molar-refractivity contribution is 0.0428. The van der Waals surface area contributed by atoms with Crippen LogP contribution in [0.5, 0.6) is 0 Å². The first-order chi connectivity index (χ1) is 11.1. The van der Waals surface area contributed by atoms with Crippen molar-refractivity contribution in [3.8, 4) is 0 Å². The van der Waals surface area contributed by atoms with Gasteiger partial charge in [-0.05, 0) is 37.3 Å². The van der Waals surface area contributed by atoms with Crippen LogP contribution >= 0.6 is 0 Å². The first-order valence-corrected chi connectivity index (χ1v) is 8.53. The van der Waals surface area contributed by atoms with Crippen molar-refractivity contribution < 1.29 is 9.90 Å². The lowest BCUT2D eigenvalue weighted by Crippen LogP contribution is -2.53. The second kappa shape index (κ2) is 7.17.